The molecule has 3 aromatic rings. The van der Waals surface area contributed by atoms with Crippen LogP contribution in [0.4, 0.5) is 11.4 Å². The molecule has 9 heteroatoms. The van der Waals surface area contributed by atoms with Crippen LogP contribution in [0.1, 0.15) is 18.1 Å². The lowest BCUT2D eigenvalue weighted by Gasteiger charge is -2.13. The van der Waals surface area contributed by atoms with Crippen LogP contribution in [-0.4, -0.2) is 30.2 Å². The van der Waals surface area contributed by atoms with Crippen molar-refractivity contribution in [2.45, 2.75) is 13.8 Å². The van der Waals surface area contributed by atoms with Crippen molar-refractivity contribution in [3.05, 3.63) is 87.8 Å². The number of ether oxygens (including phenoxy) is 2. The fraction of sp³-hybridized carbons (Fsp3) is 0.148. The Bertz CT molecular complexity index is 1340. The number of nitrogens with one attached hydrogen (secondary N) is 2. The second kappa shape index (κ2) is 11.8. The topological polar surface area (TPSA) is 89.0 Å². The largest absolute Gasteiger partial charge is 0.490 e. The van der Waals surface area contributed by atoms with Crippen molar-refractivity contribution in [1.29, 1.82) is 0 Å². The van der Waals surface area contributed by atoms with E-state index in [1.807, 2.05) is 50.2 Å². The number of carbonyl (C=O) groups is 2. The second-order valence-electron chi connectivity index (χ2n) is 7.76. The third kappa shape index (κ3) is 6.68. The Hall–Kier alpha value is -3.75. The second-order valence-corrected chi connectivity index (χ2v) is 9.20. The standard InChI is InChI=1S/C27H24ClN3O4S/c1-3-34-23-13-18(14-24-26(33)31-27(36-24)30-19-7-5-4-6-8-19)10-12-22(23)35-16-25(32)29-20-11-9-17(2)21(28)15-20/h4-15H,3,16H2,1-2H3,(H,29,32)(H,30,31,33)/b24-14-. The van der Waals surface area contributed by atoms with Crippen molar-refractivity contribution >= 4 is 57.8 Å². The number of benzene rings is 3. The van der Waals surface area contributed by atoms with Crippen molar-refractivity contribution in [1.82, 2.24) is 5.32 Å². The number of anilines is 1. The average molecular weight is 522 g/mol. The summed E-state index contributed by atoms with van der Waals surface area (Å²) in [5.41, 5.74) is 3.03. The molecular formula is C27H24ClN3O4S. The third-order valence-corrected chi connectivity index (χ3v) is 6.33. The van der Waals surface area contributed by atoms with E-state index in [1.54, 1.807) is 36.4 Å². The van der Waals surface area contributed by atoms with Crippen LogP contribution in [-0.2, 0) is 9.59 Å². The molecular weight excluding hydrogens is 498 g/mol. The molecule has 0 atom stereocenters. The number of aliphatic imine (C=N–C) groups is 1. The molecule has 0 spiro atoms. The smallest absolute Gasteiger partial charge is 0.264 e. The minimum absolute atomic E-state index is 0.205. The van der Waals surface area contributed by atoms with Crippen molar-refractivity contribution in [3.63, 3.8) is 0 Å². The molecule has 36 heavy (non-hydrogen) atoms. The van der Waals surface area contributed by atoms with Crippen LogP contribution in [0, 0.1) is 6.92 Å². The molecule has 1 saturated heterocycles. The number of thioether (sulfide) groups is 1. The highest BCUT2D eigenvalue weighted by Gasteiger charge is 2.24. The minimum Gasteiger partial charge on any atom is -0.490 e. The number of nitrogens with zero attached hydrogens (tertiary/aromatic N) is 1. The van der Waals surface area contributed by atoms with Gasteiger partial charge in [0.05, 0.1) is 17.2 Å². The monoisotopic (exact) mass is 521 g/mol. The molecule has 0 bridgehead atoms. The number of halogens is 1. The van der Waals surface area contributed by atoms with Gasteiger partial charge < -0.3 is 20.1 Å². The van der Waals surface area contributed by atoms with Gasteiger partial charge in [-0.05, 0) is 79.2 Å². The first-order valence-electron chi connectivity index (χ1n) is 11.2. The van der Waals surface area contributed by atoms with Crippen LogP contribution >= 0.6 is 23.4 Å². The van der Waals surface area contributed by atoms with E-state index in [9.17, 15) is 9.59 Å². The number of rotatable bonds is 8. The van der Waals surface area contributed by atoms with Gasteiger partial charge in [0.2, 0.25) is 0 Å². The highest BCUT2D eigenvalue weighted by molar-refractivity contribution is 8.18. The molecule has 7 nitrogen and oxygen atoms in total. The molecule has 0 aliphatic carbocycles. The fourth-order valence-electron chi connectivity index (χ4n) is 3.26. The van der Waals surface area contributed by atoms with E-state index in [1.165, 1.54) is 11.8 Å². The first-order valence-corrected chi connectivity index (χ1v) is 12.4. The summed E-state index contributed by atoms with van der Waals surface area (Å²) in [6.07, 6.45) is 1.76. The molecule has 2 amide bonds. The molecule has 1 heterocycles. The molecule has 2 N–H and O–H groups in total. The molecule has 1 fully saturated rings. The lowest BCUT2D eigenvalue weighted by Crippen LogP contribution is -2.20. The van der Waals surface area contributed by atoms with E-state index >= 15 is 0 Å². The zero-order chi connectivity index (χ0) is 25.5. The number of hydrogen-bond acceptors (Lipinski definition) is 6. The zero-order valence-corrected chi connectivity index (χ0v) is 21.3. The van der Waals surface area contributed by atoms with Gasteiger partial charge in [0.25, 0.3) is 11.8 Å². The lowest BCUT2D eigenvalue weighted by atomic mass is 10.2. The number of para-hydroxylation sites is 1. The van der Waals surface area contributed by atoms with Crippen molar-refractivity contribution in [2.75, 3.05) is 18.5 Å². The van der Waals surface area contributed by atoms with Crippen molar-refractivity contribution in [2.24, 2.45) is 4.99 Å². The molecule has 0 aromatic heterocycles. The van der Waals surface area contributed by atoms with Crippen LogP contribution < -0.4 is 20.1 Å². The summed E-state index contributed by atoms with van der Waals surface area (Å²) < 4.78 is 11.4. The molecule has 4 rings (SSSR count). The highest BCUT2D eigenvalue weighted by atomic mass is 35.5. The first kappa shape index (κ1) is 25.3. The van der Waals surface area contributed by atoms with Crippen LogP contribution in [0.2, 0.25) is 5.02 Å². The van der Waals surface area contributed by atoms with Gasteiger partial charge in [-0.2, -0.15) is 0 Å². The van der Waals surface area contributed by atoms with E-state index in [0.717, 1.165) is 16.8 Å². The number of amides is 2. The van der Waals surface area contributed by atoms with Gasteiger partial charge in [0.1, 0.15) is 0 Å². The van der Waals surface area contributed by atoms with Crippen LogP contribution in [0.15, 0.2) is 76.6 Å². The maximum absolute atomic E-state index is 12.4. The normalized spacial score (nSPS) is 15.1. The van der Waals surface area contributed by atoms with Gasteiger partial charge >= 0.3 is 0 Å². The van der Waals surface area contributed by atoms with Crippen LogP contribution in [0.25, 0.3) is 6.08 Å². The quantitative estimate of drug-likeness (QED) is 0.357. The molecule has 3 aromatic carbocycles. The average Bonchev–Trinajstić information content (AvgIpc) is 3.20. The summed E-state index contributed by atoms with van der Waals surface area (Å²) in [4.78, 5) is 29.8. The summed E-state index contributed by atoms with van der Waals surface area (Å²) in [6.45, 7) is 3.95. The maximum Gasteiger partial charge on any atom is 0.264 e. The lowest BCUT2D eigenvalue weighted by molar-refractivity contribution is -0.118. The molecule has 0 radical (unpaired) electrons. The van der Waals surface area contributed by atoms with Crippen LogP contribution in [0.3, 0.4) is 0 Å². The third-order valence-electron chi connectivity index (χ3n) is 5.02. The molecule has 0 saturated carbocycles. The number of aryl methyl sites for hydroxylation is 1. The molecule has 0 unspecified atom stereocenters. The van der Waals surface area contributed by atoms with Crippen LogP contribution in [0.5, 0.6) is 11.5 Å². The van der Waals surface area contributed by atoms with Gasteiger partial charge in [-0.3, -0.25) is 9.59 Å². The minimum atomic E-state index is -0.326. The molecule has 1 aliphatic heterocycles. The Kier molecular flexibility index (Phi) is 8.30. The van der Waals surface area contributed by atoms with E-state index in [2.05, 4.69) is 15.6 Å². The molecule has 184 valence electrons. The van der Waals surface area contributed by atoms with Gasteiger partial charge in [-0.1, -0.05) is 41.9 Å². The Morgan fingerprint density at radius 1 is 1.08 bits per heavy atom. The first-order chi connectivity index (χ1) is 17.4. The van der Waals surface area contributed by atoms with Gasteiger partial charge in [-0.15, -0.1) is 0 Å². The highest BCUT2D eigenvalue weighted by Crippen LogP contribution is 2.32. The van der Waals surface area contributed by atoms with E-state index in [4.69, 9.17) is 21.1 Å². The van der Waals surface area contributed by atoms with Gasteiger partial charge in [0.15, 0.2) is 23.3 Å². The Labute approximate surface area is 218 Å². The summed E-state index contributed by atoms with van der Waals surface area (Å²) >= 11 is 7.38. The van der Waals surface area contributed by atoms with E-state index in [-0.39, 0.29) is 18.4 Å². The summed E-state index contributed by atoms with van der Waals surface area (Å²) in [5, 5.41) is 6.63. The van der Waals surface area contributed by atoms with E-state index < -0.39 is 0 Å². The number of carbonyl (C=O) groups excluding carboxylic acids is 2. The Balaban J connectivity index is 1.43. The predicted molar refractivity (Wildman–Crippen MR) is 145 cm³/mol. The van der Waals surface area contributed by atoms with E-state index in [0.29, 0.717) is 38.9 Å². The van der Waals surface area contributed by atoms with Gasteiger partial charge in [0, 0.05) is 10.7 Å². The number of hydrogen-bond donors (Lipinski definition) is 2. The Morgan fingerprint density at radius 3 is 2.64 bits per heavy atom. The van der Waals surface area contributed by atoms with Crippen molar-refractivity contribution < 1.29 is 19.1 Å². The summed E-state index contributed by atoms with van der Waals surface area (Å²) in [6, 6.07) is 20.0. The van der Waals surface area contributed by atoms with Gasteiger partial charge in [-0.25, -0.2) is 4.99 Å². The SMILES string of the molecule is CCOc1cc(/C=C2\SC(=Nc3ccccc3)NC2=O)ccc1OCC(=O)Nc1ccc(C)c(Cl)c1. The number of amidine groups is 1. The summed E-state index contributed by atoms with van der Waals surface area (Å²) in [7, 11) is 0. The fourth-order valence-corrected chi connectivity index (χ4v) is 4.29. The zero-order valence-electron chi connectivity index (χ0n) is 19.7. The molecule has 1 aliphatic rings. The predicted octanol–water partition coefficient (Wildman–Crippen LogP) is 5.96. The summed E-state index contributed by atoms with van der Waals surface area (Å²) in [5.74, 6) is 0.347. The van der Waals surface area contributed by atoms with Crippen molar-refractivity contribution in [3.8, 4) is 11.5 Å². The Morgan fingerprint density at radius 2 is 1.89 bits per heavy atom. The maximum atomic E-state index is 12.4.